The maximum absolute atomic E-state index is 14.8. The largest absolute Gasteiger partial charge is 0.457 e. The van der Waals surface area contributed by atoms with Gasteiger partial charge in [0, 0.05) is 20.4 Å². The average molecular weight is 727 g/mol. The number of carbonyl (C=O) groups excluding carboxylic acids is 4. The van der Waals surface area contributed by atoms with Gasteiger partial charge in [-0.1, -0.05) is 104 Å². The molecule has 1 aliphatic rings. The van der Waals surface area contributed by atoms with Crippen LogP contribution in [0.4, 0.5) is 0 Å². The standard InChI is InChI=1S/C39H43N2O6PSSi/c1-7-25-46-39(45)38(48(28-17-11-8-12-18-28,29-19-13-9-14-20-29)30-21-15-10-16-22-30)41-31(35(37(41)44)27(2)47-50(4,5)6)26-32(42)33-23-24-34(49-33)36(43)40-3/h7-24,27,31,35H,1,25-26H2,2-6H3,(H,40,43)/t27-,31-,35-/m1/s1. The van der Waals surface area contributed by atoms with Crippen LogP contribution in [-0.2, 0) is 18.8 Å². The minimum atomic E-state index is -3.16. The second-order valence-electron chi connectivity index (χ2n) is 13.0. The van der Waals surface area contributed by atoms with Crippen molar-refractivity contribution in [3.8, 4) is 0 Å². The number of rotatable bonds is 14. The number of ether oxygens (including phenoxy) is 1. The van der Waals surface area contributed by atoms with Crippen LogP contribution in [0.5, 0.6) is 0 Å². The average Bonchev–Trinajstić information content (AvgIpc) is 3.61. The third-order valence-electron chi connectivity index (χ3n) is 8.53. The second-order valence-corrected chi connectivity index (χ2v) is 21.9. The number of thiophene rings is 1. The van der Waals surface area contributed by atoms with Crippen molar-refractivity contribution in [2.24, 2.45) is 5.92 Å². The summed E-state index contributed by atoms with van der Waals surface area (Å²) in [7, 11) is -0.588. The summed E-state index contributed by atoms with van der Waals surface area (Å²) in [4.78, 5) is 58.3. The topological polar surface area (TPSA) is 102 Å². The normalized spacial score (nSPS) is 16.6. The third-order valence-corrected chi connectivity index (χ3v) is 15.0. The number of likely N-dealkylation sites (tertiary alicyclic amines) is 1. The number of nitrogens with zero attached hydrogens (tertiary/aromatic N) is 1. The molecule has 8 nitrogen and oxygen atoms in total. The summed E-state index contributed by atoms with van der Waals surface area (Å²) < 4.78 is 12.3. The van der Waals surface area contributed by atoms with Crippen molar-refractivity contribution in [3.05, 3.63) is 126 Å². The first kappa shape index (κ1) is 36.9. The van der Waals surface area contributed by atoms with Crippen molar-refractivity contribution >= 4 is 71.4 Å². The van der Waals surface area contributed by atoms with Crippen LogP contribution in [0, 0.1) is 5.92 Å². The highest BCUT2D eigenvalue weighted by molar-refractivity contribution is 7.96. The molecule has 3 atom stereocenters. The number of amides is 2. The summed E-state index contributed by atoms with van der Waals surface area (Å²) in [6.07, 6.45) is 0.895. The molecule has 2 amide bonds. The lowest BCUT2D eigenvalue weighted by atomic mass is 9.80. The van der Waals surface area contributed by atoms with Crippen LogP contribution in [-0.4, -0.2) is 68.0 Å². The van der Waals surface area contributed by atoms with E-state index in [4.69, 9.17) is 9.16 Å². The quantitative estimate of drug-likeness (QED) is 0.0454. The Balaban J connectivity index is 1.82. The molecule has 5 rings (SSSR count). The zero-order chi connectivity index (χ0) is 36.1. The molecule has 3 aromatic carbocycles. The molecule has 0 spiro atoms. The minimum absolute atomic E-state index is 0.0671. The van der Waals surface area contributed by atoms with Gasteiger partial charge < -0.3 is 19.4 Å². The van der Waals surface area contributed by atoms with Gasteiger partial charge in [-0.3, -0.25) is 14.4 Å². The first-order valence-corrected chi connectivity index (χ1v) is 22.5. The number of benzene rings is 3. The van der Waals surface area contributed by atoms with E-state index in [-0.39, 0.29) is 36.0 Å². The highest BCUT2D eigenvalue weighted by Crippen LogP contribution is 2.50. The molecule has 1 aromatic heterocycles. The van der Waals surface area contributed by atoms with Crippen LogP contribution in [0.25, 0.3) is 0 Å². The fourth-order valence-corrected chi connectivity index (χ4v) is 13.1. The Hall–Kier alpha value is -4.34. The van der Waals surface area contributed by atoms with Gasteiger partial charge in [0.05, 0.1) is 27.8 Å². The molecule has 1 aliphatic heterocycles. The molecule has 0 bridgehead atoms. The Morgan fingerprint density at radius 1 is 0.880 bits per heavy atom. The molecule has 0 unspecified atom stereocenters. The lowest BCUT2D eigenvalue weighted by Crippen LogP contribution is -2.69. The zero-order valence-electron chi connectivity index (χ0n) is 29.0. The number of nitrogens with one attached hydrogen (secondary N) is 1. The number of β-lactam (4-membered cyclic amide) rings is 1. The molecular formula is C39H43N2O6PSSi. The summed E-state index contributed by atoms with van der Waals surface area (Å²) in [5, 5.41) is 5.15. The second kappa shape index (κ2) is 15.7. The van der Waals surface area contributed by atoms with Crippen molar-refractivity contribution in [1.82, 2.24) is 10.2 Å². The van der Waals surface area contributed by atoms with Gasteiger partial charge in [0.25, 0.3) is 5.91 Å². The lowest BCUT2D eigenvalue weighted by Gasteiger charge is -2.52. The van der Waals surface area contributed by atoms with Crippen LogP contribution < -0.4 is 21.2 Å². The molecular weight excluding hydrogens is 684 g/mol. The molecule has 0 radical (unpaired) electrons. The van der Waals surface area contributed by atoms with E-state index in [1.807, 2.05) is 97.9 Å². The van der Waals surface area contributed by atoms with Crippen molar-refractivity contribution in [1.29, 1.82) is 0 Å². The van der Waals surface area contributed by atoms with Gasteiger partial charge >= 0.3 is 5.97 Å². The van der Waals surface area contributed by atoms with Gasteiger partial charge in [-0.25, -0.2) is 4.79 Å². The molecule has 50 heavy (non-hydrogen) atoms. The zero-order valence-corrected chi connectivity index (χ0v) is 31.7. The van der Waals surface area contributed by atoms with Gasteiger partial charge in [0.2, 0.25) is 5.91 Å². The van der Waals surface area contributed by atoms with E-state index in [0.29, 0.717) is 9.75 Å². The van der Waals surface area contributed by atoms with E-state index in [9.17, 15) is 19.2 Å². The highest BCUT2D eigenvalue weighted by Gasteiger charge is 2.56. The Morgan fingerprint density at radius 2 is 1.38 bits per heavy atom. The van der Waals surface area contributed by atoms with E-state index in [0.717, 1.165) is 27.3 Å². The molecule has 1 saturated heterocycles. The fraction of sp³-hybridized carbons (Fsp3) is 0.256. The van der Waals surface area contributed by atoms with Gasteiger partial charge in [-0.05, 0) is 54.6 Å². The minimum Gasteiger partial charge on any atom is -0.457 e. The summed E-state index contributed by atoms with van der Waals surface area (Å²) >= 11 is 1.10. The van der Waals surface area contributed by atoms with E-state index < -0.39 is 39.2 Å². The molecule has 1 fully saturated rings. The first-order valence-electron chi connectivity index (χ1n) is 16.5. The number of hydrogen-bond acceptors (Lipinski definition) is 7. The summed E-state index contributed by atoms with van der Waals surface area (Å²) in [6, 6.07) is 31.7. The number of hydrogen-bond donors (Lipinski definition) is 1. The van der Waals surface area contributed by atoms with E-state index in [2.05, 4.69) is 31.5 Å². The Morgan fingerprint density at radius 3 is 1.84 bits per heavy atom. The Kier molecular flexibility index (Phi) is 11.6. The molecule has 260 valence electrons. The smallest absolute Gasteiger partial charge is 0.356 e. The van der Waals surface area contributed by atoms with E-state index in [1.165, 1.54) is 18.0 Å². The number of esters is 1. The van der Waals surface area contributed by atoms with Gasteiger partial charge in [-0.2, -0.15) is 0 Å². The van der Waals surface area contributed by atoms with Gasteiger partial charge in [-0.15, -0.1) is 11.3 Å². The van der Waals surface area contributed by atoms with Gasteiger partial charge in [0.1, 0.15) is 12.0 Å². The maximum atomic E-state index is 14.8. The molecule has 0 aliphatic carbocycles. The highest BCUT2D eigenvalue weighted by atomic mass is 32.1. The monoisotopic (exact) mass is 726 g/mol. The molecule has 1 N–H and O–H groups in total. The van der Waals surface area contributed by atoms with E-state index >= 15 is 0 Å². The van der Waals surface area contributed by atoms with Crippen molar-refractivity contribution in [2.45, 2.75) is 45.1 Å². The molecule has 11 heteroatoms. The van der Waals surface area contributed by atoms with E-state index in [1.54, 1.807) is 12.1 Å². The first-order chi connectivity index (χ1) is 23.9. The molecule has 0 saturated carbocycles. The van der Waals surface area contributed by atoms with Crippen LogP contribution in [0.1, 0.15) is 32.7 Å². The van der Waals surface area contributed by atoms with Crippen LogP contribution >= 0.6 is 18.2 Å². The SMILES string of the molecule is C=CCOC(=O)C(N1C(=O)[C@H]([C@@H](C)O[Si](C)(C)C)[C@H]1CC(=O)c1ccc(C(=O)NC)s1)=P(c1ccccc1)(c1ccccc1)c1ccccc1. The third kappa shape index (κ3) is 7.39. The fourth-order valence-electron chi connectivity index (χ4n) is 6.58. The van der Waals surface area contributed by atoms with Crippen molar-refractivity contribution in [3.63, 3.8) is 0 Å². The van der Waals surface area contributed by atoms with Crippen LogP contribution in [0.2, 0.25) is 19.6 Å². The molecule has 2 heterocycles. The number of carbonyl (C=O) groups is 4. The van der Waals surface area contributed by atoms with Crippen molar-refractivity contribution in [2.75, 3.05) is 13.7 Å². The van der Waals surface area contributed by atoms with Crippen LogP contribution in [0.3, 0.4) is 0 Å². The Labute approximate surface area is 299 Å². The number of ketones is 1. The van der Waals surface area contributed by atoms with Crippen LogP contribution in [0.15, 0.2) is 116 Å². The predicted molar refractivity (Wildman–Crippen MR) is 206 cm³/mol. The summed E-state index contributed by atoms with van der Waals surface area (Å²) in [6.45, 7) is 8.56. The van der Waals surface area contributed by atoms with Crippen molar-refractivity contribution < 1.29 is 28.3 Å². The lowest BCUT2D eigenvalue weighted by molar-refractivity contribution is -0.156. The van der Waals surface area contributed by atoms with Gasteiger partial charge in [0.15, 0.2) is 14.1 Å². The number of Topliss-reactive ketones (excluding diaryl/α,β-unsaturated/α-hetero) is 1. The maximum Gasteiger partial charge on any atom is 0.356 e. The summed E-state index contributed by atoms with van der Waals surface area (Å²) in [5.74, 6) is -2.18. The summed E-state index contributed by atoms with van der Waals surface area (Å²) in [5.41, 5.74) is 0.194. The molecule has 4 aromatic rings. The predicted octanol–water partition coefficient (Wildman–Crippen LogP) is 5.60. The Bertz CT molecular complexity index is 1820.